The van der Waals surface area contributed by atoms with Crippen molar-refractivity contribution in [3.05, 3.63) is 35.4 Å². The molecule has 0 bridgehead atoms. The van der Waals surface area contributed by atoms with Crippen molar-refractivity contribution in [2.24, 2.45) is 0 Å². The van der Waals surface area contributed by atoms with Crippen LogP contribution in [0.4, 0.5) is 0 Å². The molecule has 0 spiro atoms. The van der Waals surface area contributed by atoms with E-state index < -0.39 is 0 Å². The van der Waals surface area contributed by atoms with Gasteiger partial charge in [-0.2, -0.15) is 5.26 Å². The van der Waals surface area contributed by atoms with E-state index in [0.29, 0.717) is 5.56 Å². The van der Waals surface area contributed by atoms with E-state index in [-0.39, 0.29) is 31.6 Å². The third-order valence-corrected chi connectivity index (χ3v) is 2.40. The highest BCUT2D eigenvalue weighted by atomic mass is 16.5. The van der Waals surface area contributed by atoms with Gasteiger partial charge in [-0.05, 0) is 17.7 Å². The van der Waals surface area contributed by atoms with Gasteiger partial charge < -0.3 is 15.2 Å². The molecule has 96 valence electrons. The Balaban J connectivity index is 2.50. The average molecular weight is 248 g/mol. The second-order valence-corrected chi connectivity index (χ2v) is 3.89. The molecule has 1 unspecified atom stereocenters. The number of hydrogen-bond acceptors (Lipinski definition) is 4. The molecule has 5 heteroatoms. The zero-order valence-electron chi connectivity index (χ0n) is 10.2. The van der Waals surface area contributed by atoms with Crippen molar-refractivity contribution < 1.29 is 14.6 Å². The minimum absolute atomic E-state index is 0.160. The SMILES string of the molecule is COCC(CO)NC(=O)Cc1ccc(C#N)cc1. The monoisotopic (exact) mass is 248 g/mol. The van der Waals surface area contributed by atoms with Crippen LogP contribution in [0.25, 0.3) is 0 Å². The lowest BCUT2D eigenvalue weighted by Gasteiger charge is -2.15. The number of carbonyl (C=O) groups is 1. The minimum Gasteiger partial charge on any atom is -0.394 e. The molecular weight excluding hydrogens is 232 g/mol. The molecule has 0 aliphatic rings. The first-order chi connectivity index (χ1) is 8.69. The third-order valence-electron chi connectivity index (χ3n) is 2.40. The molecular formula is C13H16N2O3. The lowest BCUT2D eigenvalue weighted by molar-refractivity contribution is -0.121. The Morgan fingerprint density at radius 1 is 1.50 bits per heavy atom. The summed E-state index contributed by atoms with van der Waals surface area (Å²) in [6.07, 6.45) is 0.214. The largest absolute Gasteiger partial charge is 0.394 e. The van der Waals surface area contributed by atoms with Gasteiger partial charge in [0.25, 0.3) is 0 Å². The number of nitrogens with zero attached hydrogens (tertiary/aromatic N) is 1. The highest BCUT2D eigenvalue weighted by Crippen LogP contribution is 2.04. The number of amides is 1. The molecule has 0 radical (unpaired) electrons. The van der Waals surface area contributed by atoms with Crippen molar-refractivity contribution in [3.63, 3.8) is 0 Å². The van der Waals surface area contributed by atoms with Crippen LogP contribution in [0.15, 0.2) is 24.3 Å². The van der Waals surface area contributed by atoms with Crippen LogP contribution in [0.3, 0.4) is 0 Å². The summed E-state index contributed by atoms with van der Waals surface area (Å²) in [5.41, 5.74) is 1.38. The van der Waals surface area contributed by atoms with E-state index in [1.54, 1.807) is 24.3 Å². The molecule has 1 rings (SSSR count). The van der Waals surface area contributed by atoms with Crippen molar-refractivity contribution in [1.82, 2.24) is 5.32 Å². The molecule has 0 aliphatic heterocycles. The van der Waals surface area contributed by atoms with Crippen molar-refractivity contribution >= 4 is 5.91 Å². The van der Waals surface area contributed by atoms with Gasteiger partial charge in [0.15, 0.2) is 0 Å². The second kappa shape index (κ2) is 7.43. The zero-order chi connectivity index (χ0) is 13.4. The first-order valence-corrected chi connectivity index (χ1v) is 5.57. The van der Waals surface area contributed by atoms with E-state index in [0.717, 1.165) is 5.56 Å². The Labute approximate surface area is 106 Å². The smallest absolute Gasteiger partial charge is 0.224 e. The van der Waals surface area contributed by atoms with Gasteiger partial charge in [-0.3, -0.25) is 4.79 Å². The topological polar surface area (TPSA) is 82.3 Å². The van der Waals surface area contributed by atoms with Crippen LogP contribution in [0.2, 0.25) is 0 Å². The van der Waals surface area contributed by atoms with Gasteiger partial charge in [0.1, 0.15) is 0 Å². The van der Waals surface area contributed by atoms with Crippen LogP contribution < -0.4 is 5.32 Å². The Morgan fingerprint density at radius 2 is 2.17 bits per heavy atom. The fourth-order valence-electron chi connectivity index (χ4n) is 1.50. The fraction of sp³-hybridized carbons (Fsp3) is 0.385. The molecule has 2 N–H and O–H groups in total. The number of benzene rings is 1. The van der Waals surface area contributed by atoms with Gasteiger partial charge in [0, 0.05) is 7.11 Å². The highest BCUT2D eigenvalue weighted by molar-refractivity contribution is 5.78. The number of aliphatic hydroxyl groups is 1. The Bertz CT molecular complexity index is 423. The summed E-state index contributed by atoms with van der Waals surface area (Å²) in [6, 6.07) is 8.44. The van der Waals surface area contributed by atoms with E-state index in [4.69, 9.17) is 15.1 Å². The Hall–Kier alpha value is -1.90. The zero-order valence-corrected chi connectivity index (χ0v) is 10.2. The predicted molar refractivity (Wildman–Crippen MR) is 65.8 cm³/mol. The predicted octanol–water partition coefficient (Wildman–Crippen LogP) is 0.224. The van der Waals surface area contributed by atoms with Gasteiger partial charge in [-0.1, -0.05) is 12.1 Å². The Kier molecular flexibility index (Phi) is 5.85. The quantitative estimate of drug-likeness (QED) is 0.754. The van der Waals surface area contributed by atoms with E-state index in [9.17, 15) is 4.79 Å². The number of ether oxygens (including phenoxy) is 1. The van der Waals surface area contributed by atoms with Crippen molar-refractivity contribution in [2.75, 3.05) is 20.3 Å². The minimum atomic E-state index is -0.388. The van der Waals surface area contributed by atoms with Gasteiger partial charge in [-0.25, -0.2) is 0 Å². The first kappa shape index (κ1) is 14.2. The molecule has 1 atom stereocenters. The van der Waals surface area contributed by atoms with Crippen LogP contribution in [-0.4, -0.2) is 37.4 Å². The van der Waals surface area contributed by atoms with Crippen LogP contribution in [0.1, 0.15) is 11.1 Å². The fourth-order valence-corrected chi connectivity index (χ4v) is 1.50. The van der Waals surface area contributed by atoms with Crippen molar-refractivity contribution in [2.45, 2.75) is 12.5 Å². The van der Waals surface area contributed by atoms with E-state index in [1.807, 2.05) is 6.07 Å². The molecule has 0 heterocycles. The first-order valence-electron chi connectivity index (χ1n) is 5.57. The summed E-state index contributed by atoms with van der Waals surface area (Å²) in [5.74, 6) is -0.184. The molecule has 1 aromatic rings. The van der Waals surface area contributed by atoms with E-state index in [2.05, 4.69) is 5.32 Å². The summed E-state index contributed by atoms with van der Waals surface area (Å²) < 4.78 is 4.87. The maximum Gasteiger partial charge on any atom is 0.224 e. The highest BCUT2D eigenvalue weighted by Gasteiger charge is 2.11. The van der Waals surface area contributed by atoms with Crippen molar-refractivity contribution in [1.29, 1.82) is 5.26 Å². The summed E-state index contributed by atoms with van der Waals surface area (Å²) >= 11 is 0. The van der Waals surface area contributed by atoms with Crippen LogP contribution in [-0.2, 0) is 16.0 Å². The van der Waals surface area contributed by atoms with Gasteiger partial charge in [0.2, 0.25) is 5.91 Å². The molecule has 0 saturated heterocycles. The summed E-state index contributed by atoms with van der Waals surface area (Å²) in [7, 11) is 1.51. The van der Waals surface area contributed by atoms with Crippen LogP contribution >= 0.6 is 0 Å². The average Bonchev–Trinajstić information content (AvgIpc) is 2.39. The molecule has 0 aromatic heterocycles. The van der Waals surface area contributed by atoms with Crippen molar-refractivity contribution in [3.8, 4) is 6.07 Å². The number of carbonyl (C=O) groups excluding carboxylic acids is 1. The summed E-state index contributed by atoms with van der Waals surface area (Å²) in [4.78, 5) is 11.7. The van der Waals surface area contributed by atoms with Crippen LogP contribution in [0, 0.1) is 11.3 Å². The molecule has 1 amide bonds. The lowest BCUT2D eigenvalue weighted by Crippen LogP contribution is -2.41. The standard InChI is InChI=1S/C13H16N2O3/c1-18-9-12(8-16)15-13(17)6-10-2-4-11(7-14)5-3-10/h2-5,12,16H,6,8-9H2,1H3,(H,15,17). The van der Waals surface area contributed by atoms with E-state index >= 15 is 0 Å². The van der Waals surface area contributed by atoms with Gasteiger partial charge in [-0.15, -0.1) is 0 Å². The summed E-state index contributed by atoms with van der Waals surface area (Å²) in [5, 5.41) is 20.3. The number of aliphatic hydroxyl groups excluding tert-OH is 1. The molecule has 0 saturated carbocycles. The molecule has 0 aliphatic carbocycles. The molecule has 5 nitrogen and oxygen atoms in total. The summed E-state index contributed by atoms with van der Waals surface area (Å²) in [6.45, 7) is 0.114. The number of nitrogens with one attached hydrogen (secondary N) is 1. The molecule has 18 heavy (non-hydrogen) atoms. The number of hydrogen-bond donors (Lipinski definition) is 2. The Morgan fingerprint density at radius 3 is 2.67 bits per heavy atom. The van der Waals surface area contributed by atoms with Gasteiger partial charge in [0.05, 0.1) is 37.3 Å². The maximum atomic E-state index is 11.7. The number of nitriles is 1. The molecule has 1 aromatic carbocycles. The normalized spacial score (nSPS) is 11.6. The van der Waals surface area contributed by atoms with Gasteiger partial charge >= 0.3 is 0 Å². The number of methoxy groups -OCH3 is 1. The third kappa shape index (κ3) is 4.53. The van der Waals surface area contributed by atoms with Crippen LogP contribution in [0.5, 0.6) is 0 Å². The maximum absolute atomic E-state index is 11.7. The number of rotatable bonds is 6. The van der Waals surface area contributed by atoms with E-state index in [1.165, 1.54) is 7.11 Å². The molecule has 0 fully saturated rings. The lowest BCUT2D eigenvalue weighted by atomic mass is 10.1. The second-order valence-electron chi connectivity index (χ2n) is 3.89.